The van der Waals surface area contributed by atoms with E-state index in [0.717, 1.165) is 5.75 Å². The molecule has 1 unspecified atom stereocenters. The van der Waals surface area contributed by atoms with Gasteiger partial charge in [-0.15, -0.1) is 0 Å². The molecule has 3 heteroatoms. The maximum atomic E-state index is 5.60. The van der Waals surface area contributed by atoms with E-state index < -0.39 is 0 Å². The van der Waals surface area contributed by atoms with Gasteiger partial charge in [-0.2, -0.15) is 0 Å². The number of ether oxygens (including phenoxy) is 1. The SMILES string of the molecule is CC(COc1ccc(C(C)C)cc1)C(N)=S. The fourth-order valence-electron chi connectivity index (χ4n) is 1.25. The Hall–Kier alpha value is -1.09. The second-order valence-corrected chi connectivity index (χ2v) is 4.81. The number of hydrogen-bond acceptors (Lipinski definition) is 2. The third-order valence-electron chi connectivity index (χ3n) is 2.53. The third-order valence-corrected chi connectivity index (χ3v) is 2.93. The lowest BCUT2D eigenvalue weighted by molar-refractivity contribution is 0.293. The molecule has 88 valence electrons. The molecule has 0 heterocycles. The van der Waals surface area contributed by atoms with Crippen molar-refractivity contribution in [1.29, 1.82) is 0 Å². The van der Waals surface area contributed by atoms with Gasteiger partial charge < -0.3 is 10.5 Å². The molecule has 1 atom stereocenters. The van der Waals surface area contributed by atoms with Gasteiger partial charge in [0.25, 0.3) is 0 Å². The molecule has 2 nitrogen and oxygen atoms in total. The molecule has 0 amide bonds. The summed E-state index contributed by atoms with van der Waals surface area (Å²) >= 11 is 4.89. The molecule has 0 saturated carbocycles. The van der Waals surface area contributed by atoms with Crippen molar-refractivity contribution in [2.45, 2.75) is 26.7 Å². The Bertz CT molecular complexity index is 345. The summed E-state index contributed by atoms with van der Waals surface area (Å²) in [6, 6.07) is 8.15. The van der Waals surface area contributed by atoms with Gasteiger partial charge in [0.05, 0.1) is 11.6 Å². The summed E-state index contributed by atoms with van der Waals surface area (Å²) in [7, 11) is 0. The Labute approximate surface area is 103 Å². The molecule has 0 fully saturated rings. The minimum absolute atomic E-state index is 0.111. The average Bonchev–Trinajstić information content (AvgIpc) is 2.26. The highest BCUT2D eigenvalue weighted by Gasteiger charge is 2.06. The highest BCUT2D eigenvalue weighted by atomic mass is 32.1. The van der Waals surface area contributed by atoms with Crippen LogP contribution < -0.4 is 10.5 Å². The molecule has 1 aromatic rings. The van der Waals surface area contributed by atoms with Crippen LogP contribution in [0.3, 0.4) is 0 Å². The molecule has 0 aliphatic carbocycles. The molecular formula is C13H19NOS. The van der Waals surface area contributed by atoms with Gasteiger partial charge in [-0.3, -0.25) is 0 Å². The number of benzene rings is 1. The van der Waals surface area contributed by atoms with Gasteiger partial charge in [-0.1, -0.05) is 45.1 Å². The van der Waals surface area contributed by atoms with Crippen molar-refractivity contribution in [1.82, 2.24) is 0 Å². The van der Waals surface area contributed by atoms with Crippen molar-refractivity contribution in [3.8, 4) is 5.75 Å². The van der Waals surface area contributed by atoms with E-state index in [9.17, 15) is 0 Å². The molecule has 0 aliphatic rings. The summed E-state index contributed by atoms with van der Waals surface area (Å²) in [5.74, 6) is 1.52. The molecule has 1 rings (SSSR count). The number of hydrogen-bond donors (Lipinski definition) is 1. The van der Waals surface area contributed by atoms with E-state index in [0.29, 0.717) is 17.5 Å². The predicted molar refractivity (Wildman–Crippen MR) is 72.0 cm³/mol. The van der Waals surface area contributed by atoms with Gasteiger partial charge in [-0.25, -0.2) is 0 Å². The molecular weight excluding hydrogens is 218 g/mol. The second kappa shape index (κ2) is 5.85. The maximum absolute atomic E-state index is 5.60. The molecule has 0 aromatic heterocycles. The minimum atomic E-state index is 0.111. The van der Waals surface area contributed by atoms with Gasteiger partial charge >= 0.3 is 0 Å². The number of rotatable bonds is 5. The van der Waals surface area contributed by atoms with Gasteiger partial charge in [0.1, 0.15) is 5.75 Å². The third kappa shape index (κ3) is 3.81. The normalized spacial score (nSPS) is 12.5. The zero-order valence-corrected chi connectivity index (χ0v) is 10.9. The van der Waals surface area contributed by atoms with E-state index in [1.807, 2.05) is 19.1 Å². The Morgan fingerprint density at radius 2 is 1.81 bits per heavy atom. The fourth-order valence-corrected chi connectivity index (χ4v) is 1.32. The minimum Gasteiger partial charge on any atom is -0.493 e. The van der Waals surface area contributed by atoms with Gasteiger partial charge in [0.15, 0.2) is 0 Å². The van der Waals surface area contributed by atoms with Crippen molar-refractivity contribution in [2.75, 3.05) is 6.61 Å². The lowest BCUT2D eigenvalue weighted by atomic mass is 10.0. The van der Waals surface area contributed by atoms with E-state index in [1.165, 1.54) is 5.56 Å². The first-order valence-corrected chi connectivity index (χ1v) is 5.93. The van der Waals surface area contributed by atoms with Crippen molar-refractivity contribution in [3.63, 3.8) is 0 Å². The van der Waals surface area contributed by atoms with Crippen LogP contribution in [0, 0.1) is 5.92 Å². The van der Waals surface area contributed by atoms with Crippen LogP contribution in [0.2, 0.25) is 0 Å². The Balaban J connectivity index is 2.52. The van der Waals surface area contributed by atoms with Crippen molar-refractivity contribution < 1.29 is 4.74 Å². The summed E-state index contributed by atoms with van der Waals surface area (Å²) in [6.45, 7) is 6.84. The van der Waals surface area contributed by atoms with Crippen LogP contribution in [-0.4, -0.2) is 11.6 Å². The summed E-state index contributed by atoms with van der Waals surface area (Å²) in [6.07, 6.45) is 0. The average molecular weight is 237 g/mol. The summed E-state index contributed by atoms with van der Waals surface area (Å²) in [5.41, 5.74) is 6.83. The first kappa shape index (κ1) is 13.0. The molecule has 0 bridgehead atoms. The highest BCUT2D eigenvalue weighted by molar-refractivity contribution is 7.80. The molecule has 2 N–H and O–H groups in total. The zero-order chi connectivity index (χ0) is 12.1. The fraction of sp³-hybridized carbons (Fsp3) is 0.462. The van der Waals surface area contributed by atoms with Gasteiger partial charge in [0.2, 0.25) is 0 Å². The van der Waals surface area contributed by atoms with E-state index in [4.69, 9.17) is 22.7 Å². The smallest absolute Gasteiger partial charge is 0.119 e. The quantitative estimate of drug-likeness (QED) is 0.799. The van der Waals surface area contributed by atoms with E-state index in [2.05, 4.69) is 26.0 Å². The molecule has 0 aliphatic heterocycles. The number of nitrogens with two attached hydrogens (primary N) is 1. The predicted octanol–water partition coefficient (Wildman–Crippen LogP) is 3.11. The van der Waals surface area contributed by atoms with Crippen molar-refractivity contribution in [2.24, 2.45) is 11.7 Å². The van der Waals surface area contributed by atoms with Crippen LogP contribution in [0.25, 0.3) is 0 Å². The lowest BCUT2D eigenvalue weighted by Gasteiger charge is -2.12. The Kier molecular flexibility index (Phi) is 4.74. The van der Waals surface area contributed by atoms with Crippen LogP contribution in [0.5, 0.6) is 5.75 Å². The first-order chi connectivity index (χ1) is 7.50. The van der Waals surface area contributed by atoms with E-state index in [1.54, 1.807) is 0 Å². The van der Waals surface area contributed by atoms with Crippen LogP contribution in [-0.2, 0) is 0 Å². The second-order valence-electron chi connectivity index (χ2n) is 4.34. The first-order valence-electron chi connectivity index (χ1n) is 5.52. The Morgan fingerprint density at radius 1 is 1.25 bits per heavy atom. The highest BCUT2D eigenvalue weighted by Crippen LogP contribution is 2.18. The Morgan fingerprint density at radius 3 is 2.25 bits per heavy atom. The van der Waals surface area contributed by atoms with E-state index in [-0.39, 0.29) is 5.92 Å². The van der Waals surface area contributed by atoms with E-state index >= 15 is 0 Å². The monoisotopic (exact) mass is 237 g/mol. The summed E-state index contributed by atoms with van der Waals surface area (Å²) in [5, 5.41) is 0. The standard InChI is InChI=1S/C13H19NOS/c1-9(2)11-4-6-12(7-5-11)15-8-10(3)13(14)16/h4-7,9-10H,8H2,1-3H3,(H2,14,16). The summed E-state index contributed by atoms with van der Waals surface area (Å²) in [4.78, 5) is 0.499. The maximum Gasteiger partial charge on any atom is 0.119 e. The van der Waals surface area contributed by atoms with Crippen LogP contribution in [0.15, 0.2) is 24.3 Å². The lowest BCUT2D eigenvalue weighted by Crippen LogP contribution is -2.23. The van der Waals surface area contributed by atoms with Crippen molar-refractivity contribution >= 4 is 17.2 Å². The topological polar surface area (TPSA) is 35.2 Å². The molecule has 0 saturated heterocycles. The van der Waals surface area contributed by atoms with Crippen molar-refractivity contribution in [3.05, 3.63) is 29.8 Å². The molecule has 0 spiro atoms. The van der Waals surface area contributed by atoms with Crippen LogP contribution >= 0.6 is 12.2 Å². The molecule has 1 aromatic carbocycles. The molecule has 0 radical (unpaired) electrons. The number of thiocarbonyl (C=S) groups is 1. The largest absolute Gasteiger partial charge is 0.493 e. The van der Waals surface area contributed by atoms with Crippen LogP contribution in [0.1, 0.15) is 32.3 Å². The molecule has 16 heavy (non-hydrogen) atoms. The van der Waals surface area contributed by atoms with Crippen LogP contribution in [0.4, 0.5) is 0 Å². The zero-order valence-electron chi connectivity index (χ0n) is 10.1. The van der Waals surface area contributed by atoms with Gasteiger partial charge in [-0.05, 0) is 23.6 Å². The van der Waals surface area contributed by atoms with Gasteiger partial charge in [0, 0.05) is 5.92 Å². The summed E-state index contributed by atoms with van der Waals surface area (Å²) < 4.78 is 5.60.